The van der Waals surface area contributed by atoms with E-state index in [1.165, 1.54) is 65.7 Å². The molecule has 1 aromatic heterocycles. The van der Waals surface area contributed by atoms with Crippen molar-refractivity contribution >= 4 is 49.6 Å². The highest BCUT2D eigenvalue weighted by Gasteiger charge is 2.18. The predicted molar refractivity (Wildman–Crippen MR) is 157 cm³/mol. The normalized spacial score (nSPS) is 13.1. The number of aryl methyl sites for hydroxylation is 1. The zero-order valence-electron chi connectivity index (χ0n) is 20.4. The second-order valence-corrected chi connectivity index (χ2v) is 10.0. The van der Waals surface area contributed by atoms with Crippen LogP contribution < -0.4 is 0 Å². The molecule has 8 rings (SSSR count). The number of hydrogen-bond donors (Lipinski definition) is 0. The van der Waals surface area contributed by atoms with Crippen LogP contribution in [0.25, 0.3) is 71.8 Å². The van der Waals surface area contributed by atoms with Gasteiger partial charge in [-0.2, -0.15) is 0 Å². The minimum Gasteiger partial charge on any atom is -0.456 e. The molecule has 1 nitrogen and oxygen atoms in total. The SMILES string of the molecule is C1=Cc2cc3oc4ccc(-c5c6ccccc6c(-c6ccccc6)c6ccccc56)cc4c3cc2CC1. The van der Waals surface area contributed by atoms with Gasteiger partial charge in [-0.1, -0.05) is 97.1 Å². The van der Waals surface area contributed by atoms with Crippen LogP contribution >= 0.6 is 0 Å². The van der Waals surface area contributed by atoms with Crippen LogP contribution in [0.2, 0.25) is 0 Å². The lowest BCUT2D eigenvalue weighted by Gasteiger charge is -2.17. The number of benzene rings is 6. The Bertz CT molecular complexity index is 1960. The molecule has 37 heavy (non-hydrogen) atoms. The molecule has 0 unspecified atom stereocenters. The Kier molecular flexibility index (Phi) is 4.41. The molecule has 1 aliphatic rings. The van der Waals surface area contributed by atoms with Crippen LogP contribution in [0, 0.1) is 0 Å². The van der Waals surface area contributed by atoms with E-state index < -0.39 is 0 Å². The third kappa shape index (κ3) is 3.11. The fourth-order valence-electron chi connectivity index (χ4n) is 6.21. The quantitative estimate of drug-likeness (QED) is 0.228. The van der Waals surface area contributed by atoms with Crippen molar-refractivity contribution in [1.29, 1.82) is 0 Å². The number of hydrogen-bond acceptors (Lipinski definition) is 1. The predicted octanol–water partition coefficient (Wildman–Crippen LogP) is 10.2. The molecule has 0 saturated carbocycles. The number of fused-ring (bicyclic) bond motifs is 6. The topological polar surface area (TPSA) is 13.1 Å². The van der Waals surface area contributed by atoms with E-state index in [0.29, 0.717) is 0 Å². The van der Waals surface area contributed by atoms with Gasteiger partial charge in [0, 0.05) is 10.8 Å². The van der Waals surface area contributed by atoms with Gasteiger partial charge in [0.25, 0.3) is 0 Å². The fourth-order valence-corrected chi connectivity index (χ4v) is 6.21. The number of rotatable bonds is 2. The highest BCUT2D eigenvalue weighted by Crippen LogP contribution is 2.44. The van der Waals surface area contributed by atoms with Crippen molar-refractivity contribution in [2.45, 2.75) is 12.8 Å². The lowest BCUT2D eigenvalue weighted by Crippen LogP contribution is -1.93. The maximum atomic E-state index is 6.33. The van der Waals surface area contributed by atoms with Crippen molar-refractivity contribution in [3.63, 3.8) is 0 Å². The first kappa shape index (κ1) is 20.6. The van der Waals surface area contributed by atoms with Crippen LogP contribution in [-0.4, -0.2) is 0 Å². The van der Waals surface area contributed by atoms with Crippen LogP contribution in [0.5, 0.6) is 0 Å². The van der Waals surface area contributed by atoms with E-state index in [2.05, 4.69) is 121 Å². The summed E-state index contributed by atoms with van der Waals surface area (Å²) in [5.41, 5.74) is 9.65. The summed E-state index contributed by atoms with van der Waals surface area (Å²) in [6.45, 7) is 0. The van der Waals surface area contributed by atoms with Crippen molar-refractivity contribution in [3.8, 4) is 22.3 Å². The first-order valence-corrected chi connectivity index (χ1v) is 13.0. The van der Waals surface area contributed by atoms with Crippen LogP contribution in [0.1, 0.15) is 17.5 Å². The summed E-state index contributed by atoms with van der Waals surface area (Å²) in [5, 5.41) is 7.50. The zero-order chi connectivity index (χ0) is 24.3. The molecule has 0 saturated heterocycles. The lowest BCUT2D eigenvalue weighted by atomic mass is 9.85. The second kappa shape index (κ2) is 7.94. The van der Waals surface area contributed by atoms with Crippen molar-refractivity contribution in [2.75, 3.05) is 0 Å². The molecular weight excluding hydrogens is 448 g/mol. The Morgan fingerprint density at radius 3 is 1.81 bits per heavy atom. The largest absolute Gasteiger partial charge is 0.456 e. The first-order chi connectivity index (χ1) is 18.3. The summed E-state index contributed by atoms with van der Waals surface area (Å²) in [5.74, 6) is 0. The Hall–Kier alpha value is -4.62. The molecule has 0 atom stereocenters. The van der Waals surface area contributed by atoms with E-state index in [0.717, 1.165) is 24.0 Å². The van der Waals surface area contributed by atoms with Gasteiger partial charge in [-0.3, -0.25) is 0 Å². The van der Waals surface area contributed by atoms with E-state index in [1.54, 1.807) is 0 Å². The third-order valence-corrected chi connectivity index (χ3v) is 7.89. The minimum atomic E-state index is 0.944. The molecule has 174 valence electrons. The van der Waals surface area contributed by atoms with Gasteiger partial charge in [-0.15, -0.1) is 0 Å². The van der Waals surface area contributed by atoms with Crippen LogP contribution in [0.4, 0.5) is 0 Å². The summed E-state index contributed by atoms with van der Waals surface area (Å²) >= 11 is 0. The Morgan fingerprint density at radius 2 is 1.11 bits per heavy atom. The van der Waals surface area contributed by atoms with E-state index in [4.69, 9.17) is 4.42 Å². The van der Waals surface area contributed by atoms with Crippen molar-refractivity contribution in [3.05, 3.63) is 126 Å². The maximum absolute atomic E-state index is 6.33. The summed E-state index contributed by atoms with van der Waals surface area (Å²) in [7, 11) is 0. The molecular formula is C36H24O. The van der Waals surface area contributed by atoms with Gasteiger partial charge < -0.3 is 4.42 Å². The van der Waals surface area contributed by atoms with E-state index in [-0.39, 0.29) is 0 Å². The van der Waals surface area contributed by atoms with E-state index in [1.807, 2.05) is 0 Å². The standard InChI is InChI=1S/C36H24O/c1-2-10-23(11-3-1)35-27-14-6-8-16-29(27)36(30-17-9-7-15-28(30)35)26-18-19-33-31(21-26)32-20-24-12-4-5-13-25(24)22-34(32)37-33/h1-3,5-11,13-22H,4,12H2. The summed E-state index contributed by atoms with van der Waals surface area (Å²) in [4.78, 5) is 0. The molecule has 1 aliphatic carbocycles. The highest BCUT2D eigenvalue weighted by molar-refractivity contribution is 6.22. The number of furan rings is 1. The molecule has 0 N–H and O–H groups in total. The Labute approximate surface area is 215 Å². The van der Waals surface area contributed by atoms with Gasteiger partial charge in [0.05, 0.1) is 0 Å². The molecule has 0 spiro atoms. The van der Waals surface area contributed by atoms with Gasteiger partial charge in [0.1, 0.15) is 11.2 Å². The Morgan fingerprint density at radius 1 is 0.486 bits per heavy atom. The Balaban J connectivity index is 1.46. The van der Waals surface area contributed by atoms with Gasteiger partial charge in [0.2, 0.25) is 0 Å². The molecule has 1 heteroatoms. The molecule has 0 amide bonds. The molecule has 0 radical (unpaired) electrons. The van der Waals surface area contributed by atoms with Gasteiger partial charge in [0.15, 0.2) is 0 Å². The number of allylic oxidation sites excluding steroid dienone is 1. The molecule has 0 fully saturated rings. The minimum absolute atomic E-state index is 0.944. The summed E-state index contributed by atoms with van der Waals surface area (Å²) in [6.07, 6.45) is 6.67. The van der Waals surface area contributed by atoms with Crippen LogP contribution in [0.3, 0.4) is 0 Å². The lowest BCUT2D eigenvalue weighted by molar-refractivity contribution is 0.668. The second-order valence-electron chi connectivity index (χ2n) is 10.0. The summed E-state index contributed by atoms with van der Waals surface area (Å²) < 4.78 is 6.33. The van der Waals surface area contributed by atoms with E-state index in [9.17, 15) is 0 Å². The van der Waals surface area contributed by atoms with Crippen molar-refractivity contribution in [2.24, 2.45) is 0 Å². The van der Waals surface area contributed by atoms with Gasteiger partial charge in [-0.05, 0) is 92.0 Å². The fraction of sp³-hybridized carbons (Fsp3) is 0.0556. The van der Waals surface area contributed by atoms with Crippen LogP contribution in [0.15, 0.2) is 120 Å². The molecule has 0 aliphatic heterocycles. The van der Waals surface area contributed by atoms with Crippen LogP contribution in [-0.2, 0) is 6.42 Å². The summed E-state index contributed by atoms with van der Waals surface area (Å²) in [6, 6.07) is 39.7. The molecule has 1 heterocycles. The van der Waals surface area contributed by atoms with Gasteiger partial charge in [-0.25, -0.2) is 0 Å². The maximum Gasteiger partial charge on any atom is 0.136 e. The van der Waals surface area contributed by atoms with Gasteiger partial charge >= 0.3 is 0 Å². The highest BCUT2D eigenvalue weighted by atomic mass is 16.3. The molecule has 0 bridgehead atoms. The molecule has 7 aromatic rings. The average Bonchev–Trinajstić information content (AvgIpc) is 3.31. The van der Waals surface area contributed by atoms with Crippen molar-refractivity contribution < 1.29 is 4.42 Å². The molecule has 6 aromatic carbocycles. The third-order valence-electron chi connectivity index (χ3n) is 7.89. The monoisotopic (exact) mass is 472 g/mol. The zero-order valence-corrected chi connectivity index (χ0v) is 20.4. The first-order valence-electron chi connectivity index (χ1n) is 13.0. The van der Waals surface area contributed by atoms with Crippen molar-refractivity contribution in [1.82, 2.24) is 0 Å². The average molecular weight is 473 g/mol. The van der Waals surface area contributed by atoms with E-state index >= 15 is 0 Å². The smallest absolute Gasteiger partial charge is 0.136 e.